The number of carboxylic acids is 1. The minimum absolute atomic E-state index is 0.200. The summed E-state index contributed by atoms with van der Waals surface area (Å²) in [6.45, 7) is 0.799. The molecule has 0 aliphatic carbocycles. The lowest BCUT2D eigenvalue weighted by molar-refractivity contribution is -0.142. The van der Waals surface area contributed by atoms with Gasteiger partial charge in [0.2, 0.25) is 23.6 Å². The van der Waals surface area contributed by atoms with Crippen molar-refractivity contribution in [2.45, 2.75) is 75.5 Å². The van der Waals surface area contributed by atoms with E-state index in [1.54, 1.807) is 0 Å². The Bertz CT molecular complexity index is 697. The summed E-state index contributed by atoms with van der Waals surface area (Å²) in [7, 11) is 0. The molecule has 4 amide bonds. The summed E-state index contributed by atoms with van der Waals surface area (Å²) < 4.78 is 0. The Labute approximate surface area is 210 Å². The second-order valence-corrected chi connectivity index (χ2v) is 9.13. The predicted octanol–water partition coefficient (Wildman–Crippen LogP) is -2.26. The van der Waals surface area contributed by atoms with Gasteiger partial charge < -0.3 is 44.0 Å². The van der Waals surface area contributed by atoms with Gasteiger partial charge in [0.25, 0.3) is 0 Å². The molecule has 202 valence electrons. The monoisotopic (exact) mass is 519 g/mol. The van der Waals surface area contributed by atoms with Crippen molar-refractivity contribution >= 4 is 41.4 Å². The third-order valence-electron chi connectivity index (χ3n) is 5.14. The Balaban J connectivity index is 5.44. The van der Waals surface area contributed by atoms with Gasteiger partial charge in [0.15, 0.2) is 0 Å². The molecule has 0 spiro atoms. The van der Waals surface area contributed by atoms with E-state index in [2.05, 4.69) is 16.0 Å². The molecule has 4 atom stereocenters. The van der Waals surface area contributed by atoms with Crippen LogP contribution in [-0.2, 0) is 24.0 Å². The maximum absolute atomic E-state index is 13.0. The van der Waals surface area contributed by atoms with Crippen LogP contribution in [0, 0.1) is 0 Å². The Hall–Kier alpha value is -2.42. The van der Waals surface area contributed by atoms with Crippen LogP contribution < -0.4 is 38.9 Å². The van der Waals surface area contributed by atoms with Crippen LogP contribution in [0.25, 0.3) is 0 Å². The Kier molecular flexibility index (Phi) is 17.5. The van der Waals surface area contributed by atoms with Crippen LogP contribution in [0.2, 0.25) is 0 Å². The average Bonchev–Trinajstić information content (AvgIpc) is 2.79. The normalized spacial score (nSPS) is 14.3. The molecule has 0 aromatic rings. The van der Waals surface area contributed by atoms with E-state index in [1.807, 2.05) is 6.26 Å². The quantitative estimate of drug-likeness (QED) is 0.0802. The number of amides is 4. The molecule has 0 saturated heterocycles. The van der Waals surface area contributed by atoms with Crippen LogP contribution in [0.1, 0.15) is 51.4 Å². The zero-order valence-corrected chi connectivity index (χ0v) is 21.1. The molecule has 0 rings (SSSR count). The highest BCUT2D eigenvalue weighted by atomic mass is 32.2. The maximum Gasteiger partial charge on any atom is 0.326 e. The molecule has 35 heavy (non-hydrogen) atoms. The molecule has 0 fully saturated rings. The highest BCUT2D eigenvalue weighted by Gasteiger charge is 2.30. The fraction of sp³-hybridized carbons (Fsp3) is 0.762. The van der Waals surface area contributed by atoms with Crippen molar-refractivity contribution < 1.29 is 29.1 Å². The summed E-state index contributed by atoms with van der Waals surface area (Å²) in [5.41, 5.74) is 21.7. The topological polar surface area (TPSA) is 246 Å². The molecule has 14 heteroatoms. The summed E-state index contributed by atoms with van der Waals surface area (Å²) >= 11 is 1.45. The average molecular weight is 520 g/mol. The van der Waals surface area contributed by atoms with E-state index < -0.39 is 53.8 Å². The number of hydrogen-bond donors (Lipinski definition) is 8. The standard InChI is InChI=1S/C21H41N7O6S/c1-35-11-8-15(26-18(30)13(24)12-17(25)29)20(32)27-14(6-2-4-9-22)19(31)28-16(21(33)34)7-3-5-10-23/h13-16H,2-12,22-24H2,1H3,(H2,25,29)(H,26,30)(H,27,32)(H,28,31)(H,33,34). The van der Waals surface area contributed by atoms with E-state index in [1.165, 1.54) is 11.8 Å². The van der Waals surface area contributed by atoms with Crippen molar-refractivity contribution in [3.8, 4) is 0 Å². The first-order valence-corrected chi connectivity index (χ1v) is 13.0. The molecular weight excluding hydrogens is 478 g/mol. The Morgan fingerprint density at radius 2 is 1.23 bits per heavy atom. The van der Waals surface area contributed by atoms with Crippen molar-refractivity contribution in [1.82, 2.24) is 16.0 Å². The van der Waals surface area contributed by atoms with Crippen LogP contribution in [0.5, 0.6) is 0 Å². The van der Waals surface area contributed by atoms with Crippen molar-refractivity contribution in [2.75, 3.05) is 25.1 Å². The fourth-order valence-corrected chi connectivity index (χ4v) is 3.62. The molecule has 0 aliphatic heterocycles. The number of unbranched alkanes of at least 4 members (excludes halogenated alkanes) is 2. The summed E-state index contributed by atoms with van der Waals surface area (Å²) in [6.07, 6.45) is 4.38. The van der Waals surface area contributed by atoms with E-state index in [9.17, 15) is 29.1 Å². The number of primary amides is 1. The third kappa shape index (κ3) is 14.5. The molecular formula is C21H41N7O6S. The number of nitrogens with two attached hydrogens (primary N) is 4. The maximum atomic E-state index is 13.0. The summed E-state index contributed by atoms with van der Waals surface area (Å²) in [4.78, 5) is 60.9. The zero-order chi connectivity index (χ0) is 26.8. The Morgan fingerprint density at radius 3 is 1.69 bits per heavy atom. The van der Waals surface area contributed by atoms with E-state index >= 15 is 0 Å². The van der Waals surface area contributed by atoms with Crippen LogP contribution in [0.4, 0.5) is 0 Å². The van der Waals surface area contributed by atoms with Gasteiger partial charge in [0.05, 0.1) is 12.5 Å². The molecule has 0 saturated carbocycles. The van der Waals surface area contributed by atoms with Gasteiger partial charge in [-0.1, -0.05) is 0 Å². The van der Waals surface area contributed by atoms with Gasteiger partial charge in [-0.15, -0.1) is 0 Å². The lowest BCUT2D eigenvalue weighted by Gasteiger charge is -2.25. The number of thioether (sulfide) groups is 1. The molecule has 0 aliphatic rings. The smallest absolute Gasteiger partial charge is 0.326 e. The van der Waals surface area contributed by atoms with Crippen molar-refractivity contribution in [3.63, 3.8) is 0 Å². The van der Waals surface area contributed by atoms with E-state index in [-0.39, 0.29) is 25.7 Å². The fourth-order valence-electron chi connectivity index (χ4n) is 3.15. The van der Waals surface area contributed by atoms with Gasteiger partial charge in [-0.3, -0.25) is 19.2 Å². The van der Waals surface area contributed by atoms with Crippen LogP contribution in [0.15, 0.2) is 0 Å². The lowest BCUT2D eigenvalue weighted by atomic mass is 10.0. The van der Waals surface area contributed by atoms with E-state index in [0.717, 1.165) is 0 Å². The van der Waals surface area contributed by atoms with Gasteiger partial charge in [-0.2, -0.15) is 11.8 Å². The number of rotatable bonds is 20. The summed E-state index contributed by atoms with van der Waals surface area (Å²) in [5.74, 6) is -3.40. The minimum Gasteiger partial charge on any atom is -0.480 e. The highest BCUT2D eigenvalue weighted by Crippen LogP contribution is 2.08. The van der Waals surface area contributed by atoms with Crippen molar-refractivity contribution in [3.05, 3.63) is 0 Å². The minimum atomic E-state index is -1.22. The number of nitrogens with one attached hydrogen (secondary N) is 3. The summed E-state index contributed by atoms with van der Waals surface area (Å²) in [5, 5.41) is 17.1. The SMILES string of the molecule is CSCCC(NC(=O)C(N)CC(N)=O)C(=O)NC(CCCCN)C(=O)NC(CCCCN)C(=O)O. The van der Waals surface area contributed by atoms with Crippen LogP contribution >= 0.6 is 11.8 Å². The molecule has 0 aromatic heterocycles. The van der Waals surface area contributed by atoms with Gasteiger partial charge >= 0.3 is 5.97 Å². The van der Waals surface area contributed by atoms with E-state index in [0.29, 0.717) is 44.5 Å². The Morgan fingerprint density at radius 1 is 0.771 bits per heavy atom. The van der Waals surface area contributed by atoms with Crippen molar-refractivity contribution in [1.29, 1.82) is 0 Å². The second-order valence-electron chi connectivity index (χ2n) is 8.15. The molecule has 4 unspecified atom stereocenters. The first kappa shape index (κ1) is 32.6. The first-order valence-electron chi connectivity index (χ1n) is 11.6. The number of carbonyl (C=O) groups is 5. The summed E-state index contributed by atoms with van der Waals surface area (Å²) in [6, 6.07) is -4.38. The highest BCUT2D eigenvalue weighted by molar-refractivity contribution is 7.98. The van der Waals surface area contributed by atoms with Gasteiger partial charge in [-0.05, 0) is 70.0 Å². The zero-order valence-electron chi connectivity index (χ0n) is 20.3. The second kappa shape index (κ2) is 18.9. The van der Waals surface area contributed by atoms with Gasteiger partial charge in [0, 0.05) is 0 Å². The van der Waals surface area contributed by atoms with Gasteiger partial charge in [0.1, 0.15) is 18.1 Å². The molecule has 13 nitrogen and oxygen atoms in total. The van der Waals surface area contributed by atoms with Crippen LogP contribution in [-0.4, -0.2) is 84.0 Å². The first-order chi connectivity index (χ1) is 16.6. The van der Waals surface area contributed by atoms with Crippen molar-refractivity contribution in [2.24, 2.45) is 22.9 Å². The largest absolute Gasteiger partial charge is 0.480 e. The number of hydrogen-bond acceptors (Lipinski definition) is 9. The molecule has 12 N–H and O–H groups in total. The van der Waals surface area contributed by atoms with Crippen LogP contribution in [0.3, 0.4) is 0 Å². The number of carbonyl (C=O) groups excluding carboxylic acids is 4. The molecule has 0 heterocycles. The third-order valence-corrected chi connectivity index (χ3v) is 5.79. The molecule has 0 aromatic carbocycles. The van der Waals surface area contributed by atoms with Gasteiger partial charge in [-0.25, -0.2) is 4.79 Å². The van der Waals surface area contributed by atoms with E-state index in [4.69, 9.17) is 22.9 Å². The molecule has 0 bridgehead atoms. The number of aliphatic carboxylic acids is 1. The molecule has 0 radical (unpaired) electrons. The number of carboxylic acid groups (broad SMARTS) is 1. The predicted molar refractivity (Wildman–Crippen MR) is 134 cm³/mol. The lowest BCUT2D eigenvalue weighted by Crippen LogP contribution is -2.57.